The van der Waals surface area contributed by atoms with Crippen LogP contribution >= 0.6 is 22.9 Å². The highest BCUT2D eigenvalue weighted by atomic mass is 35.5. The van der Waals surface area contributed by atoms with E-state index in [0.29, 0.717) is 27.0 Å². The largest absolute Gasteiger partial charge is 0.507 e. The number of Topliss-reactive ketones (excluding diaryl/α,β-unsaturated/α-hetero) is 1. The maximum absolute atomic E-state index is 13.5. The molecule has 0 aliphatic carbocycles. The van der Waals surface area contributed by atoms with E-state index in [-0.39, 0.29) is 11.3 Å². The Hall–Kier alpha value is -3.68. The van der Waals surface area contributed by atoms with E-state index in [2.05, 4.69) is 0 Å². The molecule has 0 spiro atoms. The summed E-state index contributed by atoms with van der Waals surface area (Å²) in [6.45, 7) is 3.96. The molecule has 1 aromatic heterocycles. The second-order valence-electron chi connectivity index (χ2n) is 8.34. The fourth-order valence-electron chi connectivity index (χ4n) is 4.44. The van der Waals surface area contributed by atoms with Gasteiger partial charge in [0.15, 0.2) is 5.13 Å². The molecule has 0 radical (unpaired) electrons. The van der Waals surface area contributed by atoms with Crippen LogP contribution in [0.2, 0.25) is 5.02 Å². The van der Waals surface area contributed by atoms with E-state index in [1.165, 1.54) is 23.3 Å². The molecule has 1 amide bonds. The lowest BCUT2D eigenvalue weighted by atomic mass is 9.95. The van der Waals surface area contributed by atoms with Crippen molar-refractivity contribution in [1.82, 2.24) is 4.98 Å². The molecule has 1 fully saturated rings. The molecule has 3 aromatic carbocycles. The lowest BCUT2D eigenvalue weighted by Gasteiger charge is -2.24. The highest BCUT2D eigenvalue weighted by Gasteiger charge is 2.49. The number of carbonyl (C=O) groups excluding carboxylic acids is 2. The van der Waals surface area contributed by atoms with Crippen molar-refractivity contribution < 1.29 is 19.4 Å². The Morgan fingerprint density at radius 3 is 2.51 bits per heavy atom. The zero-order chi connectivity index (χ0) is 24.9. The van der Waals surface area contributed by atoms with Crippen molar-refractivity contribution in [2.45, 2.75) is 19.9 Å². The topological polar surface area (TPSA) is 79.7 Å². The first kappa shape index (κ1) is 23.1. The molecule has 0 saturated carbocycles. The fourth-order valence-corrected chi connectivity index (χ4v) is 5.74. The minimum atomic E-state index is -0.927. The molecule has 1 aliphatic rings. The van der Waals surface area contributed by atoms with Crippen LogP contribution in [0.15, 0.2) is 66.2 Å². The summed E-state index contributed by atoms with van der Waals surface area (Å²) >= 11 is 7.34. The molecule has 1 saturated heterocycles. The van der Waals surface area contributed by atoms with Crippen LogP contribution < -0.4 is 9.64 Å². The van der Waals surface area contributed by atoms with Crippen molar-refractivity contribution in [2.24, 2.45) is 0 Å². The number of ether oxygens (including phenoxy) is 1. The van der Waals surface area contributed by atoms with Crippen molar-refractivity contribution in [3.8, 4) is 5.75 Å². The normalized spacial score (nSPS) is 17.4. The second kappa shape index (κ2) is 8.83. The predicted octanol–water partition coefficient (Wildman–Crippen LogP) is 6.20. The summed E-state index contributed by atoms with van der Waals surface area (Å²) in [5.41, 5.74) is 3.74. The summed E-state index contributed by atoms with van der Waals surface area (Å²) in [7, 11) is 1.52. The van der Waals surface area contributed by atoms with Crippen LogP contribution in [0.1, 0.15) is 28.3 Å². The van der Waals surface area contributed by atoms with Crippen LogP contribution in [0.5, 0.6) is 5.75 Å². The number of anilines is 1. The Kier molecular flexibility index (Phi) is 5.83. The number of halogens is 1. The summed E-state index contributed by atoms with van der Waals surface area (Å²) < 4.78 is 6.48. The van der Waals surface area contributed by atoms with E-state index < -0.39 is 17.7 Å². The Morgan fingerprint density at radius 2 is 1.80 bits per heavy atom. The van der Waals surface area contributed by atoms with Gasteiger partial charge in [0.25, 0.3) is 5.78 Å². The van der Waals surface area contributed by atoms with Gasteiger partial charge in [-0.05, 0) is 61.4 Å². The molecule has 5 rings (SSSR count). The van der Waals surface area contributed by atoms with Gasteiger partial charge in [-0.1, -0.05) is 47.2 Å². The molecule has 1 aliphatic heterocycles. The number of benzene rings is 3. The number of aromatic nitrogens is 1. The molecule has 35 heavy (non-hydrogen) atoms. The van der Waals surface area contributed by atoms with Gasteiger partial charge in [0.1, 0.15) is 17.6 Å². The monoisotopic (exact) mass is 504 g/mol. The number of methoxy groups -OCH3 is 1. The van der Waals surface area contributed by atoms with Crippen LogP contribution in [0.4, 0.5) is 5.13 Å². The molecule has 0 bridgehead atoms. The highest BCUT2D eigenvalue weighted by Crippen LogP contribution is 2.46. The van der Waals surface area contributed by atoms with Crippen LogP contribution in [0.25, 0.3) is 16.0 Å². The average molecular weight is 505 g/mol. The number of amides is 1. The van der Waals surface area contributed by atoms with Gasteiger partial charge in [0.05, 0.1) is 22.9 Å². The minimum Gasteiger partial charge on any atom is -0.507 e. The first-order valence-corrected chi connectivity index (χ1v) is 12.1. The predicted molar refractivity (Wildman–Crippen MR) is 138 cm³/mol. The molecule has 6 nitrogen and oxygen atoms in total. The third kappa shape index (κ3) is 3.87. The SMILES string of the molecule is COc1ccccc1[C@@H]1/C(=C(\O)c2ccc(Cl)cc2)C(=O)C(=O)N1c1nc2c(C)cc(C)cc2s1. The number of aryl methyl sites for hydroxylation is 2. The van der Waals surface area contributed by atoms with Gasteiger partial charge in [-0.25, -0.2) is 4.98 Å². The zero-order valence-corrected chi connectivity index (χ0v) is 20.8. The van der Waals surface area contributed by atoms with Gasteiger partial charge >= 0.3 is 5.91 Å². The van der Waals surface area contributed by atoms with Crippen LogP contribution in [-0.2, 0) is 9.59 Å². The molecule has 0 unspecified atom stereocenters. The molecule has 2 heterocycles. The fraction of sp³-hybridized carbons (Fsp3) is 0.148. The van der Waals surface area contributed by atoms with E-state index in [0.717, 1.165) is 21.3 Å². The maximum Gasteiger partial charge on any atom is 0.301 e. The molecule has 4 aromatic rings. The van der Waals surface area contributed by atoms with E-state index >= 15 is 0 Å². The van der Waals surface area contributed by atoms with Crippen molar-refractivity contribution in [2.75, 3.05) is 12.0 Å². The first-order chi connectivity index (χ1) is 16.8. The molecule has 1 atom stereocenters. The number of fused-ring (bicyclic) bond motifs is 1. The number of thiazole rings is 1. The number of aliphatic hydroxyl groups excluding tert-OH is 1. The summed E-state index contributed by atoms with van der Waals surface area (Å²) in [6, 6.07) is 16.7. The van der Waals surface area contributed by atoms with Crippen LogP contribution in [-0.4, -0.2) is 28.9 Å². The Bertz CT molecular complexity index is 1520. The summed E-state index contributed by atoms with van der Waals surface area (Å²) in [4.78, 5) is 32.9. The number of aliphatic hydroxyl groups is 1. The minimum absolute atomic E-state index is 0.0334. The number of rotatable bonds is 4. The van der Waals surface area contributed by atoms with Gasteiger partial charge in [0.2, 0.25) is 0 Å². The Labute approximate surface area is 211 Å². The van der Waals surface area contributed by atoms with E-state index in [1.54, 1.807) is 48.5 Å². The van der Waals surface area contributed by atoms with Crippen molar-refractivity contribution in [1.29, 1.82) is 0 Å². The van der Waals surface area contributed by atoms with Crippen molar-refractivity contribution in [3.63, 3.8) is 0 Å². The summed E-state index contributed by atoms with van der Waals surface area (Å²) in [5, 5.41) is 12.1. The third-order valence-electron chi connectivity index (χ3n) is 6.02. The number of ketones is 1. The Balaban J connectivity index is 1.77. The van der Waals surface area contributed by atoms with Gasteiger partial charge in [-0.3, -0.25) is 14.5 Å². The third-order valence-corrected chi connectivity index (χ3v) is 7.27. The summed E-state index contributed by atoms with van der Waals surface area (Å²) in [5.74, 6) is -1.35. The number of nitrogens with zero attached hydrogens (tertiary/aromatic N) is 2. The van der Waals surface area contributed by atoms with Crippen LogP contribution in [0, 0.1) is 13.8 Å². The number of para-hydroxylation sites is 1. The standard InChI is InChI=1S/C27H21ClN2O4S/c1-14-12-15(2)22-20(13-14)35-27(29-22)30-23(18-6-4-5-7-19(18)34-3)21(25(32)26(30)33)24(31)16-8-10-17(28)11-9-16/h4-13,23,31H,1-3H3/b24-21+/t23-/m1/s1. The molecule has 1 N–H and O–H groups in total. The molecule has 176 valence electrons. The van der Waals surface area contributed by atoms with Crippen molar-refractivity contribution >= 4 is 55.7 Å². The molecular weight excluding hydrogens is 484 g/mol. The zero-order valence-electron chi connectivity index (χ0n) is 19.2. The molecule has 8 heteroatoms. The summed E-state index contributed by atoms with van der Waals surface area (Å²) in [6.07, 6.45) is 0. The highest BCUT2D eigenvalue weighted by molar-refractivity contribution is 7.22. The Morgan fingerprint density at radius 1 is 1.09 bits per heavy atom. The lowest BCUT2D eigenvalue weighted by molar-refractivity contribution is -0.132. The first-order valence-electron chi connectivity index (χ1n) is 10.9. The number of carbonyl (C=O) groups is 2. The van der Waals surface area contributed by atoms with Gasteiger partial charge in [0, 0.05) is 16.1 Å². The van der Waals surface area contributed by atoms with E-state index in [9.17, 15) is 14.7 Å². The molecular formula is C27H21ClN2O4S. The number of hydrogen-bond donors (Lipinski definition) is 1. The van der Waals surface area contributed by atoms with Gasteiger partial charge in [-0.15, -0.1) is 0 Å². The van der Waals surface area contributed by atoms with Gasteiger partial charge < -0.3 is 9.84 Å². The van der Waals surface area contributed by atoms with Crippen LogP contribution in [0.3, 0.4) is 0 Å². The van der Waals surface area contributed by atoms with E-state index in [4.69, 9.17) is 21.3 Å². The van der Waals surface area contributed by atoms with E-state index in [1.807, 2.05) is 26.0 Å². The second-order valence-corrected chi connectivity index (χ2v) is 9.79. The van der Waals surface area contributed by atoms with Crippen molar-refractivity contribution in [3.05, 3.63) is 93.5 Å². The smallest absolute Gasteiger partial charge is 0.301 e. The average Bonchev–Trinajstić information content (AvgIpc) is 3.37. The van der Waals surface area contributed by atoms with Gasteiger partial charge in [-0.2, -0.15) is 0 Å². The quantitative estimate of drug-likeness (QED) is 0.203. The number of hydrogen-bond acceptors (Lipinski definition) is 6. The lowest BCUT2D eigenvalue weighted by Crippen LogP contribution is -2.29. The maximum atomic E-state index is 13.5.